The van der Waals surface area contributed by atoms with Gasteiger partial charge < -0.3 is 20.4 Å². The Morgan fingerprint density at radius 1 is 1.21 bits per heavy atom. The normalized spacial score (nSPS) is 19.5. The van der Waals surface area contributed by atoms with Crippen molar-refractivity contribution in [2.75, 3.05) is 13.6 Å². The minimum atomic E-state index is -0.116. The Morgan fingerprint density at radius 3 is 2.88 bits per heavy atom. The average molecular weight is 459 g/mol. The number of aromatic amines is 1. The van der Waals surface area contributed by atoms with E-state index in [2.05, 4.69) is 38.8 Å². The molecule has 8 heteroatoms. The van der Waals surface area contributed by atoms with Gasteiger partial charge in [-0.2, -0.15) is 0 Å². The number of allylic oxidation sites excluding steroid dienone is 4. The highest BCUT2D eigenvalue weighted by Gasteiger charge is 2.31. The molecule has 2 aromatic heterocycles. The summed E-state index contributed by atoms with van der Waals surface area (Å²) in [7, 11) is 1.98. The topological polar surface area (TPSA) is 105 Å². The van der Waals surface area contributed by atoms with Gasteiger partial charge in [0.1, 0.15) is 17.6 Å². The lowest BCUT2D eigenvalue weighted by molar-refractivity contribution is 0.0835. The van der Waals surface area contributed by atoms with Gasteiger partial charge in [-0.1, -0.05) is 18.2 Å². The first-order valence-electron chi connectivity index (χ1n) is 12.0. The molecule has 34 heavy (non-hydrogen) atoms. The standard InChI is InChI=1S/C26H30N6O2/c1-27-19-15-20(16-19)34-26-24(17-6-3-2-4-7-17)31-22-14-18(9-10-21(22)32-26)25(33)30-11-5-8-23-28-12-13-29-23/h3,6-7,9-10,12-14,19-20,27H,2,4-5,8,11,15-16H2,1H3,(H,28,29)(H,30,33). The van der Waals surface area contributed by atoms with Crippen molar-refractivity contribution in [2.45, 2.75) is 50.7 Å². The van der Waals surface area contributed by atoms with Gasteiger partial charge in [0.25, 0.3) is 5.91 Å². The number of nitrogens with zero attached hydrogens (tertiary/aromatic N) is 3. The van der Waals surface area contributed by atoms with Crippen molar-refractivity contribution in [1.82, 2.24) is 30.6 Å². The van der Waals surface area contributed by atoms with E-state index in [1.54, 1.807) is 18.5 Å². The summed E-state index contributed by atoms with van der Waals surface area (Å²) in [4.78, 5) is 29.7. The van der Waals surface area contributed by atoms with Crippen LogP contribution in [0.2, 0.25) is 0 Å². The van der Waals surface area contributed by atoms with Gasteiger partial charge in [-0.15, -0.1) is 0 Å². The second-order valence-electron chi connectivity index (χ2n) is 8.81. The minimum Gasteiger partial charge on any atom is -0.473 e. The maximum atomic E-state index is 12.7. The number of aryl methyl sites for hydroxylation is 1. The number of amides is 1. The van der Waals surface area contributed by atoms with Gasteiger partial charge >= 0.3 is 0 Å². The van der Waals surface area contributed by atoms with Crippen LogP contribution in [-0.4, -0.2) is 51.6 Å². The van der Waals surface area contributed by atoms with Crippen LogP contribution in [0.5, 0.6) is 5.88 Å². The van der Waals surface area contributed by atoms with Gasteiger partial charge in [-0.05, 0) is 57.4 Å². The highest BCUT2D eigenvalue weighted by molar-refractivity contribution is 5.97. The van der Waals surface area contributed by atoms with Crippen molar-refractivity contribution in [2.24, 2.45) is 0 Å². The van der Waals surface area contributed by atoms with Gasteiger partial charge in [-0.3, -0.25) is 4.79 Å². The van der Waals surface area contributed by atoms with Crippen molar-refractivity contribution in [1.29, 1.82) is 0 Å². The molecule has 2 heterocycles. The molecule has 0 aliphatic heterocycles. The summed E-state index contributed by atoms with van der Waals surface area (Å²) in [6.45, 7) is 0.577. The third-order valence-electron chi connectivity index (χ3n) is 6.37. The van der Waals surface area contributed by atoms with Crippen LogP contribution in [-0.2, 0) is 6.42 Å². The maximum absolute atomic E-state index is 12.7. The monoisotopic (exact) mass is 458 g/mol. The van der Waals surface area contributed by atoms with Gasteiger partial charge in [0.15, 0.2) is 0 Å². The number of hydrogen-bond acceptors (Lipinski definition) is 6. The zero-order chi connectivity index (χ0) is 23.3. The minimum absolute atomic E-state index is 0.116. The molecule has 2 aliphatic rings. The number of fused-ring (bicyclic) bond motifs is 1. The van der Waals surface area contributed by atoms with Crippen LogP contribution in [0.1, 0.15) is 54.0 Å². The van der Waals surface area contributed by atoms with Crippen LogP contribution in [0.4, 0.5) is 0 Å². The fourth-order valence-electron chi connectivity index (χ4n) is 4.29. The lowest BCUT2D eigenvalue weighted by Crippen LogP contribution is -2.45. The predicted octanol–water partition coefficient (Wildman–Crippen LogP) is 3.58. The van der Waals surface area contributed by atoms with Crippen LogP contribution in [0.25, 0.3) is 16.6 Å². The maximum Gasteiger partial charge on any atom is 0.251 e. The van der Waals surface area contributed by atoms with E-state index in [4.69, 9.17) is 14.7 Å². The van der Waals surface area contributed by atoms with Crippen LogP contribution in [0.15, 0.2) is 48.8 Å². The molecule has 2 aliphatic carbocycles. The molecule has 0 saturated heterocycles. The van der Waals surface area contributed by atoms with Crippen LogP contribution in [0, 0.1) is 0 Å². The van der Waals surface area contributed by atoms with E-state index in [1.807, 2.05) is 19.2 Å². The van der Waals surface area contributed by atoms with Gasteiger partial charge in [-0.25, -0.2) is 15.0 Å². The molecule has 0 unspecified atom stereocenters. The van der Waals surface area contributed by atoms with Crippen molar-refractivity contribution in [3.63, 3.8) is 0 Å². The molecular weight excluding hydrogens is 428 g/mol. The summed E-state index contributed by atoms with van der Waals surface area (Å²) in [5, 5.41) is 6.27. The van der Waals surface area contributed by atoms with Crippen LogP contribution in [0.3, 0.4) is 0 Å². The van der Waals surface area contributed by atoms with E-state index in [-0.39, 0.29) is 12.0 Å². The predicted molar refractivity (Wildman–Crippen MR) is 132 cm³/mol. The number of ether oxygens (including phenoxy) is 1. The molecule has 0 bridgehead atoms. The fraction of sp³-hybridized carbons (Fsp3) is 0.385. The largest absolute Gasteiger partial charge is 0.473 e. The molecule has 1 aromatic carbocycles. The van der Waals surface area contributed by atoms with E-state index in [9.17, 15) is 4.79 Å². The Morgan fingerprint density at radius 2 is 2.12 bits per heavy atom. The van der Waals surface area contributed by atoms with Gasteiger partial charge in [0.2, 0.25) is 5.88 Å². The van der Waals surface area contributed by atoms with Gasteiger partial charge in [0.05, 0.1) is 11.0 Å². The number of carbonyl (C=O) groups is 1. The quantitative estimate of drug-likeness (QED) is 0.424. The number of nitrogens with one attached hydrogen (secondary N) is 3. The highest BCUT2D eigenvalue weighted by Crippen LogP contribution is 2.32. The molecule has 176 valence electrons. The molecule has 1 saturated carbocycles. The van der Waals surface area contributed by atoms with E-state index in [0.717, 1.165) is 61.1 Å². The number of rotatable bonds is 9. The van der Waals surface area contributed by atoms with E-state index in [0.29, 0.717) is 29.5 Å². The third kappa shape index (κ3) is 5.02. The van der Waals surface area contributed by atoms with E-state index in [1.165, 1.54) is 0 Å². The zero-order valence-electron chi connectivity index (χ0n) is 19.4. The molecule has 1 amide bonds. The fourth-order valence-corrected chi connectivity index (χ4v) is 4.29. The summed E-state index contributed by atoms with van der Waals surface area (Å²) in [5.74, 6) is 1.38. The molecule has 1 fully saturated rings. The van der Waals surface area contributed by atoms with Crippen LogP contribution >= 0.6 is 0 Å². The lowest BCUT2D eigenvalue weighted by atomic mass is 9.89. The highest BCUT2D eigenvalue weighted by atomic mass is 16.5. The molecule has 3 aromatic rings. The van der Waals surface area contributed by atoms with Crippen molar-refractivity contribution < 1.29 is 9.53 Å². The SMILES string of the molecule is CNC1CC(Oc2nc3ccc(C(=O)NCCCc4ncc[nH]4)cc3nc2C2=CCCC=C2)C1. The van der Waals surface area contributed by atoms with Crippen LogP contribution < -0.4 is 15.4 Å². The summed E-state index contributed by atoms with van der Waals surface area (Å²) in [6.07, 6.45) is 15.6. The number of benzene rings is 1. The van der Waals surface area contributed by atoms with Crippen molar-refractivity contribution >= 4 is 22.5 Å². The average Bonchev–Trinajstić information content (AvgIpc) is 3.37. The Balaban J connectivity index is 1.33. The molecule has 3 N–H and O–H groups in total. The van der Waals surface area contributed by atoms with E-state index >= 15 is 0 Å². The number of aromatic nitrogens is 4. The molecule has 0 spiro atoms. The smallest absolute Gasteiger partial charge is 0.251 e. The summed E-state index contributed by atoms with van der Waals surface area (Å²) < 4.78 is 6.27. The van der Waals surface area contributed by atoms with E-state index < -0.39 is 0 Å². The van der Waals surface area contributed by atoms with Gasteiger partial charge in [0, 0.05) is 42.5 Å². The molecular formula is C26H30N6O2. The molecule has 0 atom stereocenters. The zero-order valence-corrected chi connectivity index (χ0v) is 19.4. The van der Waals surface area contributed by atoms with Crippen molar-refractivity contribution in [3.8, 4) is 5.88 Å². The molecule has 8 nitrogen and oxygen atoms in total. The Hall–Kier alpha value is -3.52. The second-order valence-corrected chi connectivity index (χ2v) is 8.81. The first-order chi connectivity index (χ1) is 16.7. The first kappa shape index (κ1) is 22.3. The Labute approximate surface area is 198 Å². The Bertz CT molecular complexity index is 1210. The number of hydrogen-bond donors (Lipinski definition) is 3. The number of H-pyrrole nitrogens is 1. The Kier molecular flexibility index (Phi) is 6.67. The third-order valence-corrected chi connectivity index (χ3v) is 6.37. The summed E-state index contributed by atoms with van der Waals surface area (Å²) in [5.41, 5.74) is 3.74. The summed E-state index contributed by atoms with van der Waals surface area (Å²) >= 11 is 0. The number of imidazole rings is 1. The second kappa shape index (κ2) is 10.2. The first-order valence-corrected chi connectivity index (χ1v) is 12.0. The lowest BCUT2D eigenvalue weighted by Gasteiger charge is -2.35. The number of carbonyl (C=O) groups excluding carboxylic acids is 1. The summed E-state index contributed by atoms with van der Waals surface area (Å²) in [6, 6.07) is 5.95. The molecule has 0 radical (unpaired) electrons. The van der Waals surface area contributed by atoms with Crippen molar-refractivity contribution in [3.05, 3.63) is 65.9 Å². The molecule has 5 rings (SSSR count).